The highest BCUT2D eigenvalue weighted by Crippen LogP contribution is 2.32. The summed E-state index contributed by atoms with van der Waals surface area (Å²) in [6, 6.07) is 8.17. The fourth-order valence-corrected chi connectivity index (χ4v) is 3.10. The Morgan fingerprint density at radius 1 is 1.33 bits per heavy atom. The van der Waals surface area contributed by atoms with Crippen LogP contribution in [0.4, 0.5) is 13.2 Å². The molecule has 1 amide bonds. The van der Waals surface area contributed by atoms with Crippen LogP contribution in [0.5, 0.6) is 0 Å². The van der Waals surface area contributed by atoms with Gasteiger partial charge >= 0.3 is 6.18 Å². The molecule has 0 fully saturated rings. The van der Waals surface area contributed by atoms with Crippen molar-refractivity contribution < 1.29 is 18.0 Å². The molecule has 0 radical (unpaired) electrons. The van der Waals surface area contributed by atoms with Crippen molar-refractivity contribution in [3.8, 4) is 0 Å². The number of halogens is 3. The van der Waals surface area contributed by atoms with Gasteiger partial charge in [-0.25, -0.2) is 4.98 Å². The van der Waals surface area contributed by atoms with E-state index in [4.69, 9.17) is 5.73 Å². The van der Waals surface area contributed by atoms with Crippen molar-refractivity contribution in [1.82, 2.24) is 10.3 Å². The van der Waals surface area contributed by atoms with Crippen LogP contribution in [-0.4, -0.2) is 10.9 Å². The quantitative estimate of drug-likeness (QED) is 0.859. The Morgan fingerprint density at radius 2 is 1.96 bits per heavy atom. The van der Waals surface area contributed by atoms with Crippen LogP contribution in [0.1, 0.15) is 42.6 Å². The first-order valence-electron chi connectivity index (χ1n) is 7.34. The summed E-state index contributed by atoms with van der Waals surface area (Å²) in [6.07, 6.45) is -4.09. The van der Waals surface area contributed by atoms with E-state index in [1.807, 2.05) is 0 Å². The molecule has 0 bridgehead atoms. The maximum atomic E-state index is 12.7. The number of hydrogen-bond acceptors (Lipinski definition) is 4. The third kappa shape index (κ3) is 3.93. The van der Waals surface area contributed by atoms with Gasteiger partial charge in [-0.2, -0.15) is 13.2 Å². The molecule has 0 aliphatic carbocycles. The van der Waals surface area contributed by atoms with Gasteiger partial charge in [0.15, 0.2) is 5.69 Å². The largest absolute Gasteiger partial charge is 0.434 e. The van der Waals surface area contributed by atoms with Gasteiger partial charge in [-0.3, -0.25) is 4.79 Å². The predicted molar refractivity (Wildman–Crippen MR) is 86.3 cm³/mol. The number of carbonyl (C=O) groups excluding carboxylic acids is 1. The zero-order valence-electron chi connectivity index (χ0n) is 13.2. The van der Waals surface area contributed by atoms with E-state index >= 15 is 0 Å². The van der Waals surface area contributed by atoms with Crippen molar-refractivity contribution in [3.63, 3.8) is 0 Å². The van der Waals surface area contributed by atoms with Crippen molar-refractivity contribution in [1.29, 1.82) is 0 Å². The lowest BCUT2D eigenvalue weighted by molar-refractivity contribution is -0.140. The zero-order valence-corrected chi connectivity index (χ0v) is 14.0. The Morgan fingerprint density at radius 3 is 2.46 bits per heavy atom. The number of amides is 1. The van der Waals surface area contributed by atoms with E-state index in [1.165, 1.54) is 0 Å². The summed E-state index contributed by atoms with van der Waals surface area (Å²) in [7, 11) is 0. The number of nitrogens with zero attached hydrogens (tertiary/aromatic N) is 1. The van der Waals surface area contributed by atoms with E-state index in [1.54, 1.807) is 44.2 Å². The van der Waals surface area contributed by atoms with Gasteiger partial charge in [-0.1, -0.05) is 37.3 Å². The zero-order chi connectivity index (χ0) is 18.0. The molecule has 1 aromatic carbocycles. The molecule has 24 heavy (non-hydrogen) atoms. The molecule has 130 valence electrons. The molecule has 8 heteroatoms. The van der Waals surface area contributed by atoms with Crippen LogP contribution >= 0.6 is 11.3 Å². The summed E-state index contributed by atoms with van der Waals surface area (Å²) in [4.78, 5) is 16.1. The van der Waals surface area contributed by atoms with Crippen LogP contribution in [-0.2, 0) is 16.5 Å². The molecule has 0 aliphatic rings. The van der Waals surface area contributed by atoms with Crippen LogP contribution in [0.25, 0.3) is 0 Å². The molecule has 4 nitrogen and oxygen atoms in total. The summed E-state index contributed by atoms with van der Waals surface area (Å²) in [6.45, 7) is 3.32. The third-order valence-electron chi connectivity index (χ3n) is 3.67. The average Bonchev–Trinajstić information content (AvgIpc) is 3.03. The lowest BCUT2D eigenvalue weighted by Crippen LogP contribution is -2.49. The van der Waals surface area contributed by atoms with Crippen LogP contribution in [0, 0.1) is 0 Å². The molecule has 1 heterocycles. The fourth-order valence-electron chi connectivity index (χ4n) is 2.14. The van der Waals surface area contributed by atoms with Crippen LogP contribution < -0.4 is 11.1 Å². The molecule has 1 aromatic heterocycles. The topological polar surface area (TPSA) is 68.0 Å². The molecule has 0 spiro atoms. The SMILES string of the molecule is CCC(NC(=O)C(C)(N)c1ccccc1)c1nc(C(F)(F)F)cs1. The summed E-state index contributed by atoms with van der Waals surface area (Å²) in [5.41, 5.74) is 4.50. The molecule has 0 aliphatic heterocycles. The van der Waals surface area contributed by atoms with Crippen LogP contribution in [0.15, 0.2) is 35.7 Å². The molecule has 3 N–H and O–H groups in total. The van der Waals surface area contributed by atoms with E-state index < -0.39 is 29.4 Å². The molecular formula is C16H18F3N3OS. The monoisotopic (exact) mass is 357 g/mol. The molecule has 2 atom stereocenters. The standard InChI is InChI=1S/C16H18F3N3OS/c1-3-11(13-22-12(9-24-13)16(17,18)19)21-14(23)15(2,20)10-7-5-4-6-8-10/h4-9,11H,3,20H2,1-2H3,(H,21,23). The highest BCUT2D eigenvalue weighted by atomic mass is 32.1. The van der Waals surface area contributed by atoms with E-state index in [0.29, 0.717) is 12.0 Å². The van der Waals surface area contributed by atoms with Crippen LogP contribution in [0.3, 0.4) is 0 Å². The van der Waals surface area contributed by atoms with Gasteiger partial charge < -0.3 is 11.1 Å². The van der Waals surface area contributed by atoms with Gasteiger partial charge in [0.05, 0.1) is 6.04 Å². The van der Waals surface area contributed by atoms with Gasteiger partial charge in [0.2, 0.25) is 5.91 Å². The minimum atomic E-state index is -4.50. The summed E-state index contributed by atoms with van der Waals surface area (Å²) in [5, 5.41) is 3.86. The smallest absolute Gasteiger partial charge is 0.345 e. The number of rotatable bonds is 5. The van der Waals surface area contributed by atoms with E-state index in [0.717, 1.165) is 16.7 Å². The number of nitrogens with two attached hydrogens (primary N) is 1. The number of nitrogens with one attached hydrogen (secondary N) is 1. The van der Waals surface area contributed by atoms with Crippen molar-refractivity contribution in [2.45, 2.75) is 38.0 Å². The number of benzene rings is 1. The van der Waals surface area contributed by atoms with Gasteiger partial charge in [0.25, 0.3) is 0 Å². The Hall–Kier alpha value is -1.93. The maximum absolute atomic E-state index is 12.7. The van der Waals surface area contributed by atoms with Gasteiger partial charge in [-0.05, 0) is 18.9 Å². The molecule has 2 unspecified atom stereocenters. The van der Waals surface area contributed by atoms with E-state index in [9.17, 15) is 18.0 Å². The number of aromatic nitrogens is 1. The predicted octanol–water partition coefficient (Wildman–Crippen LogP) is 3.60. The maximum Gasteiger partial charge on any atom is 0.434 e. The number of hydrogen-bond donors (Lipinski definition) is 2. The summed E-state index contributed by atoms with van der Waals surface area (Å²) >= 11 is 0.871. The normalized spacial score (nSPS) is 15.6. The summed E-state index contributed by atoms with van der Waals surface area (Å²) in [5.74, 6) is -0.468. The first-order valence-corrected chi connectivity index (χ1v) is 8.22. The minimum absolute atomic E-state index is 0.210. The Bertz CT molecular complexity index is 698. The lowest BCUT2D eigenvalue weighted by atomic mass is 9.92. The lowest BCUT2D eigenvalue weighted by Gasteiger charge is -2.26. The third-order valence-corrected chi connectivity index (χ3v) is 4.63. The number of alkyl halides is 3. The average molecular weight is 357 g/mol. The minimum Gasteiger partial charge on any atom is -0.345 e. The molecule has 2 rings (SSSR count). The van der Waals surface area contributed by atoms with Gasteiger partial charge in [0, 0.05) is 5.38 Å². The Kier molecular flexibility index (Phi) is 5.29. The molecule has 2 aromatic rings. The summed E-state index contributed by atoms with van der Waals surface area (Å²) < 4.78 is 38.0. The van der Waals surface area contributed by atoms with Crippen LogP contribution in [0.2, 0.25) is 0 Å². The van der Waals surface area contributed by atoms with Crippen molar-refractivity contribution in [2.75, 3.05) is 0 Å². The highest BCUT2D eigenvalue weighted by molar-refractivity contribution is 7.09. The van der Waals surface area contributed by atoms with Gasteiger partial charge in [0.1, 0.15) is 10.5 Å². The fraction of sp³-hybridized carbons (Fsp3) is 0.375. The Labute approximate surface area is 141 Å². The number of thiazole rings is 1. The molecule has 0 saturated carbocycles. The first kappa shape index (κ1) is 18.4. The van der Waals surface area contributed by atoms with Crippen molar-refractivity contribution >= 4 is 17.2 Å². The van der Waals surface area contributed by atoms with E-state index in [2.05, 4.69) is 10.3 Å². The number of carbonyl (C=O) groups is 1. The second kappa shape index (κ2) is 6.90. The molecular weight excluding hydrogens is 339 g/mol. The van der Waals surface area contributed by atoms with Crippen molar-refractivity contribution in [3.05, 3.63) is 52.0 Å². The Balaban J connectivity index is 2.18. The van der Waals surface area contributed by atoms with Gasteiger partial charge in [-0.15, -0.1) is 11.3 Å². The van der Waals surface area contributed by atoms with E-state index in [-0.39, 0.29) is 5.01 Å². The van der Waals surface area contributed by atoms with Crippen molar-refractivity contribution in [2.24, 2.45) is 5.73 Å². The first-order chi connectivity index (χ1) is 11.2. The molecule has 0 saturated heterocycles. The second-order valence-corrected chi connectivity index (χ2v) is 6.46. The highest BCUT2D eigenvalue weighted by Gasteiger charge is 2.36. The second-order valence-electron chi connectivity index (χ2n) is 5.57.